The molecule has 1 unspecified atom stereocenters. The summed E-state index contributed by atoms with van der Waals surface area (Å²) in [4.78, 5) is 28.3. The van der Waals surface area contributed by atoms with E-state index in [9.17, 15) is 22.4 Å². The van der Waals surface area contributed by atoms with Crippen LogP contribution < -0.4 is 9.62 Å². The molecule has 0 aliphatic rings. The summed E-state index contributed by atoms with van der Waals surface area (Å²) in [7, 11) is -4.20. The van der Waals surface area contributed by atoms with Crippen LogP contribution in [0.5, 0.6) is 0 Å². The lowest BCUT2D eigenvalue weighted by Crippen LogP contribution is -2.52. The largest absolute Gasteiger partial charge is 0.354 e. The summed E-state index contributed by atoms with van der Waals surface area (Å²) >= 11 is 6.02. The Morgan fingerprint density at radius 1 is 0.947 bits per heavy atom. The molecule has 2 amide bonds. The number of carbonyl (C=O) groups excluding carboxylic acids is 2. The quantitative estimate of drug-likeness (QED) is 0.338. The first-order chi connectivity index (χ1) is 18.2. The van der Waals surface area contributed by atoms with Crippen molar-refractivity contribution in [3.8, 4) is 0 Å². The first-order valence-electron chi connectivity index (χ1n) is 12.3. The van der Waals surface area contributed by atoms with Crippen LogP contribution in [0.15, 0.2) is 83.8 Å². The van der Waals surface area contributed by atoms with Gasteiger partial charge in [0.1, 0.15) is 18.4 Å². The van der Waals surface area contributed by atoms with E-state index in [4.69, 9.17) is 11.6 Å². The van der Waals surface area contributed by atoms with Crippen molar-refractivity contribution in [3.05, 3.63) is 95.3 Å². The first kappa shape index (κ1) is 29.1. The molecule has 0 aromatic heterocycles. The zero-order valence-electron chi connectivity index (χ0n) is 21.3. The molecule has 0 saturated heterocycles. The van der Waals surface area contributed by atoms with Crippen LogP contribution in [-0.2, 0) is 26.2 Å². The molecule has 38 heavy (non-hydrogen) atoms. The molecule has 3 rings (SSSR count). The van der Waals surface area contributed by atoms with Crippen molar-refractivity contribution >= 4 is 39.1 Å². The maximum Gasteiger partial charge on any atom is 0.264 e. The van der Waals surface area contributed by atoms with Crippen molar-refractivity contribution in [1.29, 1.82) is 0 Å². The summed E-state index contributed by atoms with van der Waals surface area (Å²) < 4.78 is 41.9. The Hall–Kier alpha value is -3.43. The number of carbonyl (C=O) groups is 2. The van der Waals surface area contributed by atoms with Gasteiger partial charge in [-0.15, -0.1) is 0 Å². The number of sulfonamides is 1. The summed E-state index contributed by atoms with van der Waals surface area (Å²) in [5.41, 5.74) is 0.849. The fourth-order valence-electron chi connectivity index (χ4n) is 3.93. The van der Waals surface area contributed by atoms with Gasteiger partial charge in [0.2, 0.25) is 11.8 Å². The van der Waals surface area contributed by atoms with Crippen molar-refractivity contribution in [3.63, 3.8) is 0 Å². The normalized spacial score (nSPS) is 12.0. The second kappa shape index (κ2) is 13.4. The van der Waals surface area contributed by atoms with Crippen LogP contribution in [0.1, 0.15) is 32.3 Å². The van der Waals surface area contributed by atoms with Gasteiger partial charge in [-0.25, -0.2) is 12.8 Å². The average molecular weight is 560 g/mol. The highest BCUT2D eigenvalue weighted by atomic mass is 35.5. The molecular formula is C28H31ClFN3O4S. The van der Waals surface area contributed by atoms with Crippen LogP contribution in [0.25, 0.3) is 0 Å². The van der Waals surface area contributed by atoms with Crippen LogP contribution in [0.3, 0.4) is 0 Å². The van der Waals surface area contributed by atoms with Crippen LogP contribution >= 0.6 is 11.6 Å². The van der Waals surface area contributed by atoms with E-state index < -0.39 is 34.3 Å². The van der Waals surface area contributed by atoms with Crippen molar-refractivity contribution in [2.75, 3.05) is 17.4 Å². The van der Waals surface area contributed by atoms with Gasteiger partial charge >= 0.3 is 0 Å². The molecule has 3 aromatic carbocycles. The fourth-order valence-corrected chi connectivity index (χ4v) is 5.49. The van der Waals surface area contributed by atoms with Crippen molar-refractivity contribution in [2.45, 2.75) is 44.2 Å². The molecule has 0 bridgehead atoms. The minimum atomic E-state index is -4.20. The number of nitrogens with zero attached hydrogens (tertiary/aromatic N) is 2. The van der Waals surface area contributed by atoms with Crippen molar-refractivity contribution in [1.82, 2.24) is 10.2 Å². The molecule has 0 radical (unpaired) electrons. The third-order valence-corrected chi connectivity index (χ3v) is 7.97. The Morgan fingerprint density at radius 3 is 2.16 bits per heavy atom. The molecule has 0 spiro atoms. The van der Waals surface area contributed by atoms with Gasteiger partial charge in [0.05, 0.1) is 10.6 Å². The Morgan fingerprint density at radius 2 is 1.58 bits per heavy atom. The van der Waals surface area contributed by atoms with E-state index in [1.807, 2.05) is 6.92 Å². The van der Waals surface area contributed by atoms with Gasteiger partial charge in [-0.3, -0.25) is 13.9 Å². The third-order valence-electron chi connectivity index (χ3n) is 5.93. The molecule has 7 nitrogen and oxygen atoms in total. The summed E-state index contributed by atoms with van der Waals surface area (Å²) in [5, 5.41) is 3.36. The number of rotatable bonds is 12. The number of hydrogen-bond acceptors (Lipinski definition) is 4. The van der Waals surface area contributed by atoms with Gasteiger partial charge in [0, 0.05) is 18.1 Å². The maximum atomic E-state index is 13.9. The molecule has 1 N–H and O–H groups in total. The highest BCUT2D eigenvalue weighted by molar-refractivity contribution is 7.92. The second-order valence-corrected chi connectivity index (χ2v) is 11.0. The number of hydrogen-bond donors (Lipinski definition) is 1. The Bertz CT molecular complexity index is 1320. The third kappa shape index (κ3) is 7.33. The number of nitrogens with one attached hydrogen (secondary N) is 1. The smallest absolute Gasteiger partial charge is 0.264 e. The molecule has 0 saturated carbocycles. The summed E-state index contributed by atoms with van der Waals surface area (Å²) in [5.74, 6) is -1.45. The SMILES string of the molecule is CCCNC(=O)C(CC)N(Cc1ccc(Cl)cc1)C(=O)CN(c1ccc(F)cc1)S(=O)(=O)c1ccccc1. The Kier molecular flexibility index (Phi) is 10.3. The van der Waals surface area contributed by atoms with E-state index in [1.54, 1.807) is 49.4 Å². The van der Waals surface area contributed by atoms with Crippen LogP contribution in [0.4, 0.5) is 10.1 Å². The van der Waals surface area contributed by atoms with Crippen LogP contribution in [-0.4, -0.2) is 44.3 Å². The second-order valence-electron chi connectivity index (χ2n) is 8.66. The minimum Gasteiger partial charge on any atom is -0.354 e. The van der Waals surface area contributed by atoms with E-state index in [2.05, 4.69) is 5.32 Å². The summed E-state index contributed by atoms with van der Waals surface area (Å²) in [6.45, 7) is 3.64. The fraction of sp³-hybridized carbons (Fsp3) is 0.286. The maximum absolute atomic E-state index is 13.9. The van der Waals surface area contributed by atoms with E-state index >= 15 is 0 Å². The molecule has 10 heteroatoms. The average Bonchev–Trinajstić information content (AvgIpc) is 2.92. The number of benzene rings is 3. The molecule has 0 aliphatic heterocycles. The predicted octanol–water partition coefficient (Wildman–Crippen LogP) is 5.01. The monoisotopic (exact) mass is 559 g/mol. The highest BCUT2D eigenvalue weighted by Crippen LogP contribution is 2.25. The lowest BCUT2D eigenvalue weighted by molar-refractivity contribution is -0.140. The minimum absolute atomic E-state index is 0.0193. The zero-order valence-corrected chi connectivity index (χ0v) is 22.9. The molecular weight excluding hydrogens is 529 g/mol. The van der Waals surface area contributed by atoms with E-state index in [-0.39, 0.29) is 23.0 Å². The lowest BCUT2D eigenvalue weighted by atomic mass is 10.1. The van der Waals surface area contributed by atoms with E-state index in [1.165, 1.54) is 29.2 Å². The molecule has 1 atom stereocenters. The number of anilines is 1. The van der Waals surface area contributed by atoms with Gasteiger partial charge in [-0.1, -0.05) is 55.8 Å². The predicted molar refractivity (Wildman–Crippen MR) is 147 cm³/mol. The lowest BCUT2D eigenvalue weighted by Gasteiger charge is -2.33. The summed E-state index contributed by atoms with van der Waals surface area (Å²) in [6, 6.07) is 18.6. The van der Waals surface area contributed by atoms with Gasteiger partial charge in [-0.05, 0) is 66.9 Å². The first-order valence-corrected chi connectivity index (χ1v) is 14.1. The van der Waals surface area contributed by atoms with Crippen LogP contribution in [0, 0.1) is 5.82 Å². The van der Waals surface area contributed by atoms with Crippen molar-refractivity contribution < 1.29 is 22.4 Å². The number of halogens is 2. The topological polar surface area (TPSA) is 86.8 Å². The Labute approximate surface area is 228 Å². The molecule has 0 fully saturated rings. The number of amides is 2. The summed E-state index contributed by atoms with van der Waals surface area (Å²) in [6.07, 6.45) is 1.04. The standard InChI is InChI=1S/C28H31ClFN3O4S/c1-3-18-31-28(35)26(4-2)32(19-21-10-12-22(29)13-11-21)27(34)20-33(24-16-14-23(30)15-17-24)38(36,37)25-8-6-5-7-9-25/h5-17,26H,3-4,18-20H2,1-2H3,(H,31,35). The van der Waals surface area contributed by atoms with Crippen LogP contribution in [0.2, 0.25) is 5.02 Å². The van der Waals surface area contributed by atoms with Gasteiger partial charge < -0.3 is 10.2 Å². The molecule has 202 valence electrons. The van der Waals surface area contributed by atoms with E-state index in [0.717, 1.165) is 28.4 Å². The highest BCUT2D eigenvalue weighted by Gasteiger charge is 2.33. The van der Waals surface area contributed by atoms with E-state index in [0.29, 0.717) is 18.0 Å². The van der Waals surface area contributed by atoms with Gasteiger partial charge in [0.25, 0.3) is 10.0 Å². The molecule has 0 aliphatic carbocycles. The molecule has 3 aromatic rings. The Balaban J connectivity index is 2.02. The molecule has 0 heterocycles. The zero-order chi connectivity index (χ0) is 27.7. The van der Waals surface area contributed by atoms with Gasteiger partial charge in [-0.2, -0.15) is 0 Å². The van der Waals surface area contributed by atoms with Crippen molar-refractivity contribution in [2.24, 2.45) is 0 Å². The van der Waals surface area contributed by atoms with Gasteiger partial charge in [0.15, 0.2) is 0 Å².